The van der Waals surface area contributed by atoms with Crippen molar-refractivity contribution in [2.75, 3.05) is 0 Å². The fourth-order valence-electron chi connectivity index (χ4n) is 3.06. The highest BCUT2D eigenvalue weighted by Crippen LogP contribution is 2.31. The van der Waals surface area contributed by atoms with E-state index in [1.807, 2.05) is 34.6 Å². The summed E-state index contributed by atoms with van der Waals surface area (Å²) in [6, 6.07) is 3.69. The normalized spacial score (nSPS) is 15.3. The molecule has 1 aromatic rings. The third-order valence-electron chi connectivity index (χ3n) is 6.67. The van der Waals surface area contributed by atoms with Gasteiger partial charge in [0.25, 0.3) is 0 Å². The number of hydrogen-bond acceptors (Lipinski definition) is 9. The maximum Gasteiger partial charge on any atom is 0.323 e. The molecule has 38 heavy (non-hydrogen) atoms. The molecule has 0 aliphatic heterocycles. The van der Waals surface area contributed by atoms with E-state index in [9.17, 15) is 19.2 Å². The number of benzene rings is 1. The van der Waals surface area contributed by atoms with E-state index in [4.69, 9.17) is 24.7 Å². The van der Waals surface area contributed by atoms with E-state index in [2.05, 4.69) is 0 Å². The smallest absolute Gasteiger partial charge is 0.323 e. The van der Waals surface area contributed by atoms with Crippen LogP contribution < -0.4 is 15.2 Å². The Hall–Kier alpha value is -2.94. The van der Waals surface area contributed by atoms with Crippen molar-refractivity contribution in [1.29, 1.82) is 0 Å². The van der Waals surface area contributed by atoms with Crippen molar-refractivity contribution in [3.8, 4) is 11.5 Å². The molecule has 0 bridgehead atoms. The average Bonchev–Trinajstić information content (AvgIpc) is 2.84. The van der Waals surface area contributed by atoms with Crippen molar-refractivity contribution >= 4 is 23.9 Å². The standard InChI is InChI=1S/C29H45NO8/c1-10-11-26(31)35-20(8)21(9)36-29(34)23(30)14-22-12-13-24(37-27(32)18(6)16(2)3)25(15-22)38-28(33)19(7)17(4)5/h12-13,15-21,23H,10-11,14,30H2,1-9H3/t18?,19?,20-,21-,23-/m0/s1. The Morgan fingerprint density at radius 1 is 0.737 bits per heavy atom. The molecule has 0 radical (unpaired) electrons. The average molecular weight is 536 g/mol. The second-order valence-electron chi connectivity index (χ2n) is 10.6. The molecule has 0 saturated carbocycles. The van der Waals surface area contributed by atoms with Crippen LogP contribution in [-0.4, -0.2) is 42.1 Å². The highest BCUT2D eigenvalue weighted by atomic mass is 16.6. The zero-order chi connectivity index (χ0) is 29.2. The minimum atomic E-state index is -1.02. The molecule has 1 rings (SSSR count). The van der Waals surface area contributed by atoms with Crippen LogP contribution in [0.15, 0.2) is 18.2 Å². The summed E-state index contributed by atoms with van der Waals surface area (Å²) in [5, 5.41) is 0. The van der Waals surface area contributed by atoms with E-state index < -0.39 is 36.2 Å². The lowest BCUT2D eigenvalue weighted by Gasteiger charge is -2.22. The van der Waals surface area contributed by atoms with Gasteiger partial charge in [-0.25, -0.2) is 0 Å². The van der Waals surface area contributed by atoms with Gasteiger partial charge in [-0.3, -0.25) is 19.2 Å². The molecule has 214 valence electrons. The number of hydrogen-bond donors (Lipinski definition) is 1. The summed E-state index contributed by atoms with van der Waals surface area (Å²) in [6.45, 7) is 16.3. The fraction of sp³-hybridized carbons (Fsp3) is 0.655. The molecule has 1 aromatic carbocycles. The van der Waals surface area contributed by atoms with E-state index in [0.29, 0.717) is 12.0 Å². The second kappa shape index (κ2) is 15.5. The fourth-order valence-corrected chi connectivity index (χ4v) is 3.06. The third kappa shape index (κ3) is 10.4. The molecular weight excluding hydrogens is 490 g/mol. The molecular formula is C29H45NO8. The van der Waals surface area contributed by atoms with Gasteiger partial charge in [0, 0.05) is 6.42 Å². The number of esters is 4. The molecule has 2 N–H and O–H groups in total. The molecule has 0 amide bonds. The summed E-state index contributed by atoms with van der Waals surface area (Å²) in [5.41, 5.74) is 6.69. The van der Waals surface area contributed by atoms with Crippen LogP contribution in [0.25, 0.3) is 0 Å². The van der Waals surface area contributed by atoms with Crippen LogP contribution >= 0.6 is 0 Å². The van der Waals surface area contributed by atoms with Crippen molar-refractivity contribution in [2.45, 2.75) is 99.8 Å². The molecule has 9 heteroatoms. The molecule has 0 heterocycles. The van der Waals surface area contributed by atoms with Gasteiger partial charge < -0.3 is 24.7 Å². The van der Waals surface area contributed by atoms with Gasteiger partial charge in [0.05, 0.1) is 11.8 Å². The Balaban J connectivity index is 3.04. The van der Waals surface area contributed by atoms with Gasteiger partial charge in [-0.05, 0) is 56.2 Å². The predicted octanol–water partition coefficient (Wildman–Crippen LogP) is 4.61. The Morgan fingerprint density at radius 3 is 1.74 bits per heavy atom. The van der Waals surface area contributed by atoms with Gasteiger partial charge in [0.2, 0.25) is 0 Å². The molecule has 0 aromatic heterocycles. The maximum atomic E-state index is 12.7. The van der Waals surface area contributed by atoms with E-state index in [0.717, 1.165) is 0 Å². The van der Waals surface area contributed by atoms with Crippen molar-refractivity contribution in [2.24, 2.45) is 29.4 Å². The first-order chi connectivity index (χ1) is 17.7. The molecule has 0 aliphatic rings. The largest absolute Gasteiger partial charge is 0.459 e. The first-order valence-electron chi connectivity index (χ1n) is 13.4. The molecule has 0 fully saturated rings. The van der Waals surface area contributed by atoms with Crippen LogP contribution in [0.1, 0.15) is 80.7 Å². The Kier molecular flexibility index (Phi) is 13.5. The van der Waals surface area contributed by atoms with Crippen molar-refractivity contribution in [3.05, 3.63) is 23.8 Å². The van der Waals surface area contributed by atoms with Gasteiger partial charge in [-0.15, -0.1) is 0 Å². The maximum absolute atomic E-state index is 12.7. The summed E-state index contributed by atoms with van der Waals surface area (Å²) in [5.74, 6) is -2.36. The lowest BCUT2D eigenvalue weighted by Crippen LogP contribution is -2.39. The molecule has 5 atom stereocenters. The minimum Gasteiger partial charge on any atom is -0.459 e. The van der Waals surface area contributed by atoms with Crippen molar-refractivity contribution < 1.29 is 38.1 Å². The number of carbonyl (C=O) groups excluding carboxylic acids is 4. The Morgan fingerprint density at radius 2 is 1.24 bits per heavy atom. The Labute approximate surface area is 226 Å². The second-order valence-corrected chi connectivity index (χ2v) is 10.6. The monoisotopic (exact) mass is 535 g/mol. The SMILES string of the molecule is CCCC(=O)O[C@@H](C)[C@H](C)OC(=O)[C@@H](N)Cc1ccc(OC(=O)C(C)C(C)C)c(OC(=O)C(C)C(C)C)c1. The van der Waals surface area contributed by atoms with Crippen LogP contribution in [0.3, 0.4) is 0 Å². The highest BCUT2D eigenvalue weighted by Gasteiger charge is 2.26. The summed E-state index contributed by atoms with van der Waals surface area (Å²) in [4.78, 5) is 49.6. The Bertz CT molecular complexity index is 958. The summed E-state index contributed by atoms with van der Waals surface area (Å²) in [6.07, 6.45) is -0.284. The van der Waals surface area contributed by atoms with Crippen LogP contribution in [0, 0.1) is 23.7 Å². The minimum absolute atomic E-state index is 0.0477. The van der Waals surface area contributed by atoms with E-state index >= 15 is 0 Å². The number of rotatable bonds is 14. The molecule has 0 saturated heterocycles. The van der Waals surface area contributed by atoms with Gasteiger partial charge in [0.1, 0.15) is 18.2 Å². The summed E-state index contributed by atoms with van der Waals surface area (Å²) >= 11 is 0. The van der Waals surface area contributed by atoms with Crippen LogP contribution in [0.5, 0.6) is 11.5 Å². The molecule has 0 aliphatic carbocycles. The number of carbonyl (C=O) groups is 4. The highest BCUT2D eigenvalue weighted by molar-refractivity contribution is 5.79. The summed E-state index contributed by atoms with van der Waals surface area (Å²) < 4.78 is 21.9. The van der Waals surface area contributed by atoms with E-state index in [1.165, 1.54) is 6.07 Å². The van der Waals surface area contributed by atoms with E-state index in [1.54, 1.807) is 39.8 Å². The first kappa shape index (κ1) is 33.1. The summed E-state index contributed by atoms with van der Waals surface area (Å²) in [7, 11) is 0. The third-order valence-corrected chi connectivity index (χ3v) is 6.67. The predicted molar refractivity (Wildman–Crippen MR) is 143 cm³/mol. The number of ether oxygens (including phenoxy) is 4. The van der Waals surface area contributed by atoms with Gasteiger partial charge in [-0.2, -0.15) is 0 Å². The molecule has 9 nitrogen and oxygen atoms in total. The lowest BCUT2D eigenvalue weighted by atomic mass is 9.98. The van der Waals surface area contributed by atoms with Gasteiger partial charge >= 0.3 is 23.9 Å². The van der Waals surface area contributed by atoms with Gasteiger partial charge in [-0.1, -0.05) is 54.5 Å². The quantitative estimate of drug-likeness (QED) is 0.268. The topological polar surface area (TPSA) is 131 Å². The number of nitrogens with two attached hydrogens (primary N) is 1. The van der Waals surface area contributed by atoms with Crippen molar-refractivity contribution in [1.82, 2.24) is 0 Å². The molecule has 0 spiro atoms. The first-order valence-corrected chi connectivity index (χ1v) is 13.4. The van der Waals surface area contributed by atoms with Crippen molar-refractivity contribution in [3.63, 3.8) is 0 Å². The zero-order valence-corrected chi connectivity index (χ0v) is 24.2. The van der Waals surface area contributed by atoms with Crippen LogP contribution in [-0.2, 0) is 35.1 Å². The van der Waals surface area contributed by atoms with Crippen LogP contribution in [0.2, 0.25) is 0 Å². The van der Waals surface area contributed by atoms with Crippen LogP contribution in [0.4, 0.5) is 0 Å². The van der Waals surface area contributed by atoms with E-state index in [-0.39, 0.29) is 54.0 Å². The lowest BCUT2D eigenvalue weighted by molar-refractivity contribution is -0.166. The van der Waals surface area contributed by atoms with Gasteiger partial charge in [0.15, 0.2) is 11.5 Å². The molecule has 2 unspecified atom stereocenters. The zero-order valence-electron chi connectivity index (χ0n) is 24.2.